The van der Waals surface area contributed by atoms with E-state index in [1.165, 1.54) is 4.57 Å². The van der Waals surface area contributed by atoms with Crippen molar-refractivity contribution in [2.45, 2.75) is 31.8 Å². The first kappa shape index (κ1) is 19.7. The van der Waals surface area contributed by atoms with E-state index in [0.29, 0.717) is 17.6 Å². The van der Waals surface area contributed by atoms with E-state index in [1.807, 2.05) is 42.5 Å². The standard InChI is InChI=1S/C22H24ClN3O3/c23-17-8-2-1-7-16(17)19(25-12-5-6-13-25)15-24-21(27)11-14-26-18-9-3-4-10-20(18)29-22(26)28/h1-4,7-10,19H,5-6,11-15H2,(H,24,27). The van der Waals surface area contributed by atoms with Crippen molar-refractivity contribution in [1.29, 1.82) is 0 Å². The molecule has 1 atom stereocenters. The van der Waals surface area contributed by atoms with Gasteiger partial charge in [-0.1, -0.05) is 41.9 Å². The summed E-state index contributed by atoms with van der Waals surface area (Å²) in [5.41, 5.74) is 2.27. The minimum absolute atomic E-state index is 0.0487. The fraction of sp³-hybridized carbons (Fsp3) is 0.364. The third-order valence-electron chi connectivity index (χ3n) is 5.47. The van der Waals surface area contributed by atoms with Gasteiger partial charge in [0.05, 0.1) is 11.6 Å². The van der Waals surface area contributed by atoms with E-state index in [4.69, 9.17) is 16.0 Å². The molecule has 0 spiro atoms. The van der Waals surface area contributed by atoms with Crippen molar-refractivity contribution in [2.75, 3.05) is 19.6 Å². The molecule has 4 rings (SSSR count). The van der Waals surface area contributed by atoms with Crippen LogP contribution in [0.2, 0.25) is 5.02 Å². The summed E-state index contributed by atoms with van der Waals surface area (Å²) in [6.45, 7) is 2.77. The minimum Gasteiger partial charge on any atom is -0.408 e. The molecule has 1 amide bonds. The summed E-state index contributed by atoms with van der Waals surface area (Å²) in [6.07, 6.45) is 2.52. The van der Waals surface area contributed by atoms with Crippen LogP contribution in [0.4, 0.5) is 0 Å². The number of nitrogens with one attached hydrogen (secondary N) is 1. The van der Waals surface area contributed by atoms with Crippen molar-refractivity contribution in [3.05, 3.63) is 69.7 Å². The fourth-order valence-corrected chi connectivity index (χ4v) is 4.23. The van der Waals surface area contributed by atoms with Crippen molar-refractivity contribution >= 4 is 28.6 Å². The molecule has 1 saturated heterocycles. The molecule has 1 unspecified atom stereocenters. The number of carbonyl (C=O) groups is 1. The summed E-state index contributed by atoms with van der Waals surface area (Å²) in [5, 5.41) is 3.75. The zero-order valence-electron chi connectivity index (χ0n) is 16.1. The summed E-state index contributed by atoms with van der Waals surface area (Å²) in [5.74, 6) is -0.538. The van der Waals surface area contributed by atoms with Crippen LogP contribution in [0, 0.1) is 0 Å². The van der Waals surface area contributed by atoms with Crippen molar-refractivity contribution in [2.24, 2.45) is 0 Å². The van der Waals surface area contributed by atoms with Gasteiger partial charge in [0, 0.05) is 24.5 Å². The topological polar surface area (TPSA) is 67.5 Å². The molecule has 0 aliphatic carbocycles. The van der Waals surface area contributed by atoms with Crippen LogP contribution in [-0.2, 0) is 11.3 Å². The fourth-order valence-electron chi connectivity index (χ4n) is 3.97. The molecule has 2 heterocycles. The van der Waals surface area contributed by atoms with E-state index >= 15 is 0 Å². The van der Waals surface area contributed by atoms with E-state index in [1.54, 1.807) is 6.07 Å². The number of nitrogens with zero attached hydrogens (tertiary/aromatic N) is 2. The first-order valence-corrected chi connectivity index (χ1v) is 10.3. The van der Waals surface area contributed by atoms with Crippen LogP contribution >= 0.6 is 11.6 Å². The molecule has 152 valence electrons. The van der Waals surface area contributed by atoms with Gasteiger partial charge in [0.2, 0.25) is 5.91 Å². The summed E-state index contributed by atoms with van der Waals surface area (Å²) < 4.78 is 6.72. The molecule has 1 N–H and O–H groups in total. The second-order valence-electron chi connectivity index (χ2n) is 7.32. The first-order chi connectivity index (χ1) is 14.1. The highest BCUT2D eigenvalue weighted by Gasteiger charge is 2.25. The number of aryl methyl sites for hydroxylation is 1. The van der Waals surface area contributed by atoms with Crippen molar-refractivity contribution in [1.82, 2.24) is 14.8 Å². The maximum atomic E-state index is 12.5. The minimum atomic E-state index is -0.440. The van der Waals surface area contributed by atoms with Gasteiger partial charge < -0.3 is 9.73 Å². The molecule has 29 heavy (non-hydrogen) atoms. The Balaban J connectivity index is 1.41. The number of oxazole rings is 1. The first-order valence-electron chi connectivity index (χ1n) is 9.97. The third kappa shape index (κ3) is 4.38. The van der Waals surface area contributed by atoms with Gasteiger partial charge in [-0.15, -0.1) is 0 Å². The second-order valence-corrected chi connectivity index (χ2v) is 7.73. The SMILES string of the molecule is O=C(CCn1c(=O)oc2ccccc21)NCC(c1ccccc1Cl)N1CCCC1. The Morgan fingerprint density at radius 2 is 1.83 bits per heavy atom. The Morgan fingerprint density at radius 3 is 2.62 bits per heavy atom. The third-order valence-corrected chi connectivity index (χ3v) is 5.82. The van der Waals surface area contributed by atoms with E-state index in [-0.39, 0.29) is 24.9 Å². The number of fused-ring (bicyclic) bond motifs is 1. The Morgan fingerprint density at radius 1 is 1.10 bits per heavy atom. The quantitative estimate of drug-likeness (QED) is 0.642. The molecule has 1 aliphatic heterocycles. The molecule has 1 aliphatic rings. The molecule has 0 radical (unpaired) electrons. The summed E-state index contributed by atoms with van der Waals surface area (Å²) in [4.78, 5) is 26.9. The van der Waals surface area contributed by atoms with Crippen LogP contribution in [0.15, 0.2) is 57.7 Å². The van der Waals surface area contributed by atoms with Gasteiger partial charge in [0.25, 0.3) is 0 Å². The number of carbonyl (C=O) groups excluding carboxylic acids is 1. The van der Waals surface area contributed by atoms with Crippen LogP contribution in [-0.4, -0.2) is 35.0 Å². The number of halogens is 1. The molecular formula is C22H24ClN3O3. The molecule has 3 aromatic rings. The zero-order chi connectivity index (χ0) is 20.2. The Labute approximate surface area is 174 Å². The average molecular weight is 414 g/mol. The maximum absolute atomic E-state index is 12.5. The van der Waals surface area contributed by atoms with E-state index < -0.39 is 5.76 Å². The normalized spacial score (nSPS) is 15.6. The molecule has 0 bridgehead atoms. The number of hydrogen-bond donors (Lipinski definition) is 1. The Hall–Kier alpha value is -2.57. The number of likely N-dealkylation sites (tertiary alicyclic amines) is 1. The van der Waals surface area contributed by atoms with Gasteiger partial charge in [-0.05, 0) is 49.7 Å². The van der Waals surface area contributed by atoms with Crippen LogP contribution in [0.5, 0.6) is 0 Å². The smallest absolute Gasteiger partial charge is 0.408 e. The molecule has 2 aromatic carbocycles. The van der Waals surface area contributed by atoms with E-state index in [0.717, 1.165) is 36.5 Å². The molecule has 7 heteroatoms. The second kappa shape index (κ2) is 8.84. The molecule has 0 saturated carbocycles. The number of para-hydroxylation sites is 2. The number of rotatable bonds is 7. The largest absolute Gasteiger partial charge is 0.419 e. The highest BCUT2D eigenvalue weighted by Crippen LogP contribution is 2.29. The lowest BCUT2D eigenvalue weighted by atomic mass is 10.1. The van der Waals surface area contributed by atoms with E-state index in [2.05, 4.69) is 10.2 Å². The summed E-state index contributed by atoms with van der Waals surface area (Å²) in [7, 11) is 0. The maximum Gasteiger partial charge on any atom is 0.419 e. The van der Waals surface area contributed by atoms with Crippen LogP contribution in [0.25, 0.3) is 11.1 Å². The van der Waals surface area contributed by atoms with Crippen LogP contribution in [0.3, 0.4) is 0 Å². The van der Waals surface area contributed by atoms with Gasteiger partial charge in [-0.2, -0.15) is 0 Å². The lowest BCUT2D eigenvalue weighted by molar-refractivity contribution is -0.121. The molecular weight excluding hydrogens is 390 g/mol. The Kier molecular flexibility index (Phi) is 6.02. The van der Waals surface area contributed by atoms with E-state index in [9.17, 15) is 9.59 Å². The number of benzene rings is 2. The monoisotopic (exact) mass is 413 g/mol. The predicted octanol–water partition coefficient (Wildman–Crippen LogP) is 3.59. The average Bonchev–Trinajstić information content (AvgIpc) is 3.35. The Bertz CT molecular complexity index is 1050. The zero-order valence-corrected chi connectivity index (χ0v) is 16.9. The van der Waals surface area contributed by atoms with Gasteiger partial charge in [-0.25, -0.2) is 4.79 Å². The lowest BCUT2D eigenvalue weighted by Gasteiger charge is -2.29. The molecule has 1 fully saturated rings. The van der Waals surface area contributed by atoms with Crippen molar-refractivity contribution < 1.29 is 9.21 Å². The van der Waals surface area contributed by atoms with Gasteiger partial charge >= 0.3 is 5.76 Å². The lowest BCUT2D eigenvalue weighted by Crippen LogP contribution is -2.37. The molecule has 6 nitrogen and oxygen atoms in total. The molecule has 1 aromatic heterocycles. The number of aromatic nitrogens is 1. The van der Waals surface area contributed by atoms with Gasteiger partial charge in [0.1, 0.15) is 0 Å². The van der Waals surface area contributed by atoms with Crippen molar-refractivity contribution in [3.63, 3.8) is 0 Å². The number of amides is 1. The highest BCUT2D eigenvalue weighted by molar-refractivity contribution is 6.31. The van der Waals surface area contributed by atoms with Crippen molar-refractivity contribution in [3.8, 4) is 0 Å². The van der Waals surface area contributed by atoms with Gasteiger partial charge in [0.15, 0.2) is 5.58 Å². The van der Waals surface area contributed by atoms with Crippen LogP contribution < -0.4 is 11.1 Å². The van der Waals surface area contributed by atoms with Gasteiger partial charge in [-0.3, -0.25) is 14.3 Å². The summed E-state index contributed by atoms with van der Waals surface area (Å²) in [6, 6.07) is 15.1. The summed E-state index contributed by atoms with van der Waals surface area (Å²) >= 11 is 6.43. The highest BCUT2D eigenvalue weighted by atomic mass is 35.5. The number of hydrogen-bond acceptors (Lipinski definition) is 4. The van der Waals surface area contributed by atoms with Crippen LogP contribution in [0.1, 0.15) is 30.9 Å². The predicted molar refractivity (Wildman–Crippen MR) is 113 cm³/mol.